The zero-order chi connectivity index (χ0) is 17.0. The third-order valence-electron chi connectivity index (χ3n) is 4.81. The highest BCUT2D eigenvalue weighted by Crippen LogP contribution is 2.32. The molecule has 2 aliphatic rings. The first-order valence-corrected chi connectivity index (χ1v) is 8.81. The summed E-state index contributed by atoms with van der Waals surface area (Å²) in [6, 6.07) is -0.599. The highest BCUT2D eigenvalue weighted by atomic mass is 16.2. The van der Waals surface area contributed by atoms with Crippen LogP contribution in [0.4, 0.5) is 4.79 Å². The van der Waals surface area contributed by atoms with Gasteiger partial charge < -0.3 is 15.5 Å². The molecule has 1 aliphatic heterocycles. The van der Waals surface area contributed by atoms with Gasteiger partial charge in [-0.2, -0.15) is 0 Å². The summed E-state index contributed by atoms with van der Waals surface area (Å²) < 4.78 is 0. The molecule has 130 valence electrons. The molecule has 2 atom stereocenters. The number of hydrogen-bond donors (Lipinski definition) is 2. The summed E-state index contributed by atoms with van der Waals surface area (Å²) in [5.74, 6) is 0.234. The topological polar surface area (TPSA) is 78.5 Å². The van der Waals surface area contributed by atoms with Gasteiger partial charge in [0.05, 0.1) is 12.6 Å². The first kappa shape index (κ1) is 17.8. The molecular formula is C17H29N3O3. The molecule has 2 rings (SSSR count). The maximum absolute atomic E-state index is 12.2. The molecule has 1 saturated heterocycles. The van der Waals surface area contributed by atoms with Crippen LogP contribution < -0.4 is 10.6 Å². The maximum Gasteiger partial charge on any atom is 0.315 e. The number of rotatable bonds is 7. The standard InChI is InChI=1S/C17H29N3O3/c1-4-13-6-5-9-20(13)14(21)10-18-17(23)19-15(11(2)3)16(22)12-7-8-12/h11-13,15H,4-10H2,1-3H3,(H2,18,19,23)/t13-,15+/m1/s1. The average molecular weight is 323 g/mol. The molecule has 0 aromatic carbocycles. The summed E-state index contributed by atoms with van der Waals surface area (Å²) in [7, 11) is 0. The van der Waals surface area contributed by atoms with Gasteiger partial charge in [-0.3, -0.25) is 9.59 Å². The van der Waals surface area contributed by atoms with Crippen molar-refractivity contribution in [2.75, 3.05) is 13.1 Å². The molecular weight excluding hydrogens is 294 g/mol. The van der Waals surface area contributed by atoms with E-state index >= 15 is 0 Å². The van der Waals surface area contributed by atoms with Gasteiger partial charge in [0.1, 0.15) is 0 Å². The van der Waals surface area contributed by atoms with E-state index in [1.807, 2.05) is 18.7 Å². The van der Waals surface area contributed by atoms with E-state index in [1.165, 1.54) is 0 Å². The molecule has 0 spiro atoms. The number of Topliss-reactive ketones (excluding diaryl/α,β-unsaturated/α-hetero) is 1. The third-order valence-corrected chi connectivity index (χ3v) is 4.81. The molecule has 0 bridgehead atoms. The molecule has 1 heterocycles. The molecule has 0 unspecified atom stereocenters. The van der Waals surface area contributed by atoms with Crippen LogP contribution in [0.3, 0.4) is 0 Å². The fourth-order valence-corrected chi connectivity index (χ4v) is 3.23. The van der Waals surface area contributed by atoms with Crippen molar-refractivity contribution in [1.29, 1.82) is 0 Å². The number of carbonyl (C=O) groups excluding carboxylic acids is 3. The number of likely N-dealkylation sites (tertiary alicyclic amines) is 1. The highest BCUT2D eigenvalue weighted by molar-refractivity contribution is 5.92. The molecule has 2 fully saturated rings. The lowest BCUT2D eigenvalue weighted by molar-refractivity contribution is -0.130. The van der Waals surface area contributed by atoms with Crippen LogP contribution >= 0.6 is 0 Å². The van der Waals surface area contributed by atoms with Crippen molar-refractivity contribution in [3.05, 3.63) is 0 Å². The molecule has 1 aliphatic carbocycles. The summed E-state index contributed by atoms with van der Waals surface area (Å²) in [5, 5.41) is 5.35. The lowest BCUT2D eigenvalue weighted by Gasteiger charge is -2.25. The largest absolute Gasteiger partial charge is 0.338 e. The Labute approximate surface area is 138 Å². The van der Waals surface area contributed by atoms with E-state index in [9.17, 15) is 14.4 Å². The number of amides is 3. The molecule has 3 amide bonds. The Hall–Kier alpha value is -1.59. The molecule has 6 nitrogen and oxygen atoms in total. The van der Waals surface area contributed by atoms with Crippen molar-refractivity contribution < 1.29 is 14.4 Å². The van der Waals surface area contributed by atoms with Gasteiger partial charge >= 0.3 is 6.03 Å². The van der Waals surface area contributed by atoms with Crippen LogP contribution in [0.5, 0.6) is 0 Å². The molecule has 2 N–H and O–H groups in total. The van der Waals surface area contributed by atoms with Crippen molar-refractivity contribution in [3.63, 3.8) is 0 Å². The first-order valence-electron chi connectivity index (χ1n) is 8.81. The van der Waals surface area contributed by atoms with E-state index in [1.54, 1.807) is 0 Å². The zero-order valence-electron chi connectivity index (χ0n) is 14.4. The van der Waals surface area contributed by atoms with Gasteiger partial charge in [0.2, 0.25) is 5.91 Å². The molecule has 1 saturated carbocycles. The second-order valence-corrected chi connectivity index (χ2v) is 7.02. The monoisotopic (exact) mass is 323 g/mol. The van der Waals surface area contributed by atoms with E-state index in [0.29, 0.717) is 6.04 Å². The number of hydrogen-bond acceptors (Lipinski definition) is 3. The van der Waals surface area contributed by atoms with Crippen LogP contribution in [0.15, 0.2) is 0 Å². The Balaban J connectivity index is 1.79. The SMILES string of the molecule is CC[C@@H]1CCCN1C(=O)CNC(=O)N[C@H](C(=O)C1CC1)C(C)C. The quantitative estimate of drug-likeness (QED) is 0.748. The van der Waals surface area contributed by atoms with Crippen LogP contribution in [-0.2, 0) is 9.59 Å². The lowest BCUT2D eigenvalue weighted by atomic mass is 9.97. The van der Waals surface area contributed by atoms with Gasteiger partial charge in [0.15, 0.2) is 5.78 Å². The van der Waals surface area contributed by atoms with Crippen LogP contribution in [0.25, 0.3) is 0 Å². The van der Waals surface area contributed by atoms with Crippen molar-refractivity contribution in [2.45, 2.75) is 65.0 Å². The minimum Gasteiger partial charge on any atom is -0.338 e. The second kappa shape index (κ2) is 7.79. The Morgan fingerprint density at radius 1 is 1.17 bits per heavy atom. The third kappa shape index (κ3) is 4.69. The van der Waals surface area contributed by atoms with E-state index < -0.39 is 12.1 Å². The number of nitrogens with one attached hydrogen (secondary N) is 2. The van der Waals surface area contributed by atoms with Crippen LogP contribution in [0.1, 0.15) is 52.9 Å². The van der Waals surface area contributed by atoms with Crippen LogP contribution in [0.2, 0.25) is 0 Å². The van der Waals surface area contributed by atoms with Crippen molar-refractivity contribution >= 4 is 17.7 Å². The molecule has 23 heavy (non-hydrogen) atoms. The zero-order valence-corrected chi connectivity index (χ0v) is 14.4. The van der Waals surface area contributed by atoms with Gasteiger partial charge in [-0.25, -0.2) is 4.79 Å². The van der Waals surface area contributed by atoms with E-state index in [2.05, 4.69) is 17.6 Å². The Bertz CT molecular complexity index is 460. The number of carbonyl (C=O) groups is 3. The van der Waals surface area contributed by atoms with E-state index in [4.69, 9.17) is 0 Å². The number of urea groups is 1. The van der Waals surface area contributed by atoms with Gasteiger partial charge in [0, 0.05) is 18.5 Å². The van der Waals surface area contributed by atoms with Crippen LogP contribution in [-0.4, -0.2) is 47.8 Å². The summed E-state index contributed by atoms with van der Waals surface area (Å²) in [6.45, 7) is 6.69. The Morgan fingerprint density at radius 2 is 1.87 bits per heavy atom. The van der Waals surface area contributed by atoms with Crippen molar-refractivity contribution in [3.8, 4) is 0 Å². The Kier molecular flexibility index (Phi) is 6.02. The van der Waals surface area contributed by atoms with E-state index in [-0.39, 0.29) is 30.1 Å². The molecule has 0 radical (unpaired) electrons. The van der Waals surface area contributed by atoms with Gasteiger partial charge in [-0.05, 0) is 38.0 Å². The van der Waals surface area contributed by atoms with Gasteiger partial charge in [0.25, 0.3) is 0 Å². The fraction of sp³-hybridized carbons (Fsp3) is 0.824. The van der Waals surface area contributed by atoms with Crippen molar-refractivity contribution in [1.82, 2.24) is 15.5 Å². The minimum absolute atomic E-state index is 0.00916. The highest BCUT2D eigenvalue weighted by Gasteiger charge is 2.37. The number of ketones is 1. The average Bonchev–Trinajstić information content (AvgIpc) is 3.26. The molecule has 6 heteroatoms. The minimum atomic E-state index is -0.465. The molecule has 0 aromatic heterocycles. The fourth-order valence-electron chi connectivity index (χ4n) is 3.23. The lowest BCUT2D eigenvalue weighted by Crippen LogP contribution is -2.51. The van der Waals surface area contributed by atoms with Gasteiger partial charge in [-0.1, -0.05) is 20.8 Å². The summed E-state index contributed by atoms with van der Waals surface area (Å²) in [4.78, 5) is 38.3. The predicted octanol–water partition coefficient (Wildman–Crippen LogP) is 1.69. The summed E-state index contributed by atoms with van der Waals surface area (Å²) >= 11 is 0. The van der Waals surface area contributed by atoms with Crippen LogP contribution in [0, 0.1) is 11.8 Å². The first-order chi connectivity index (χ1) is 10.9. The van der Waals surface area contributed by atoms with Gasteiger partial charge in [-0.15, -0.1) is 0 Å². The Morgan fingerprint density at radius 3 is 2.43 bits per heavy atom. The normalized spacial score (nSPS) is 22.1. The predicted molar refractivity (Wildman–Crippen MR) is 87.9 cm³/mol. The molecule has 0 aromatic rings. The second-order valence-electron chi connectivity index (χ2n) is 7.02. The number of nitrogens with zero attached hydrogens (tertiary/aromatic N) is 1. The van der Waals surface area contributed by atoms with Crippen molar-refractivity contribution in [2.24, 2.45) is 11.8 Å². The summed E-state index contributed by atoms with van der Waals surface area (Å²) in [5.41, 5.74) is 0. The summed E-state index contributed by atoms with van der Waals surface area (Å²) in [6.07, 6.45) is 4.87. The smallest absolute Gasteiger partial charge is 0.315 e. The van der Waals surface area contributed by atoms with E-state index in [0.717, 1.165) is 38.6 Å². The maximum atomic E-state index is 12.2.